The average Bonchev–Trinajstić information content (AvgIpc) is 3.04. The van der Waals surface area contributed by atoms with Crippen LogP contribution in [0.25, 0.3) is 0 Å². The first-order chi connectivity index (χ1) is 14.2. The Kier molecular flexibility index (Phi) is 5.84. The van der Waals surface area contributed by atoms with Crippen molar-refractivity contribution < 1.29 is 23.8 Å². The summed E-state index contributed by atoms with van der Waals surface area (Å²) in [6.07, 6.45) is 5.01. The molecule has 0 aromatic heterocycles. The monoisotopic (exact) mass is 396 g/mol. The largest absolute Gasteiger partial charge is 0.454 e. The van der Waals surface area contributed by atoms with Crippen LogP contribution in [0.3, 0.4) is 0 Å². The van der Waals surface area contributed by atoms with Gasteiger partial charge in [-0.3, -0.25) is 4.79 Å². The molecule has 0 radical (unpaired) electrons. The number of nitrogens with one attached hydrogen (secondary N) is 1. The van der Waals surface area contributed by atoms with Gasteiger partial charge >= 0.3 is 5.97 Å². The van der Waals surface area contributed by atoms with E-state index in [1.165, 1.54) is 31.4 Å². The Balaban J connectivity index is 1.27. The smallest absolute Gasteiger partial charge is 0.338 e. The van der Waals surface area contributed by atoms with Crippen LogP contribution in [0.4, 0.5) is 11.4 Å². The molecular weight excluding hydrogens is 372 g/mol. The highest BCUT2D eigenvalue weighted by Gasteiger charge is 2.18. The topological polar surface area (TPSA) is 77.1 Å². The second-order valence-electron chi connectivity index (χ2n) is 7.14. The van der Waals surface area contributed by atoms with Gasteiger partial charge < -0.3 is 24.4 Å². The number of anilines is 2. The predicted molar refractivity (Wildman–Crippen MR) is 109 cm³/mol. The third kappa shape index (κ3) is 4.80. The van der Waals surface area contributed by atoms with E-state index >= 15 is 0 Å². The molecule has 0 saturated carbocycles. The molecule has 7 nitrogen and oxygen atoms in total. The van der Waals surface area contributed by atoms with Crippen LogP contribution in [-0.2, 0) is 9.53 Å². The molecule has 7 heteroatoms. The first kappa shape index (κ1) is 19.1. The molecule has 1 N–H and O–H groups in total. The highest BCUT2D eigenvalue weighted by atomic mass is 16.7. The molecule has 1 amide bonds. The number of fused-ring (bicyclic) bond motifs is 1. The van der Waals surface area contributed by atoms with Crippen molar-refractivity contribution in [3.05, 3.63) is 48.0 Å². The summed E-state index contributed by atoms with van der Waals surface area (Å²) in [5.74, 6) is 0.105. The molecule has 2 heterocycles. The average molecular weight is 396 g/mol. The summed E-state index contributed by atoms with van der Waals surface area (Å²) >= 11 is 0. The van der Waals surface area contributed by atoms with Gasteiger partial charge in [0.2, 0.25) is 6.79 Å². The second-order valence-corrected chi connectivity index (χ2v) is 7.14. The number of hydrogen-bond donors (Lipinski definition) is 1. The van der Waals surface area contributed by atoms with Gasteiger partial charge in [-0.25, -0.2) is 4.79 Å². The van der Waals surface area contributed by atoms with Gasteiger partial charge in [-0.1, -0.05) is 12.8 Å². The molecular formula is C22H24N2O5. The molecule has 152 valence electrons. The second kappa shape index (κ2) is 8.86. The maximum Gasteiger partial charge on any atom is 0.338 e. The zero-order valence-corrected chi connectivity index (χ0v) is 16.2. The van der Waals surface area contributed by atoms with E-state index in [4.69, 9.17) is 14.2 Å². The van der Waals surface area contributed by atoms with Gasteiger partial charge in [0.1, 0.15) is 0 Å². The Hall–Kier alpha value is -3.22. The number of hydrogen-bond acceptors (Lipinski definition) is 6. The quantitative estimate of drug-likeness (QED) is 0.779. The van der Waals surface area contributed by atoms with Crippen molar-refractivity contribution in [3.8, 4) is 11.5 Å². The van der Waals surface area contributed by atoms with Crippen LogP contribution in [0.15, 0.2) is 42.5 Å². The summed E-state index contributed by atoms with van der Waals surface area (Å²) in [5.41, 5.74) is 2.15. The fourth-order valence-electron chi connectivity index (χ4n) is 3.52. The minimum Gasteiger partial charge on any atom is -0.454 e. The summed E-state index contributed by atoms with van der Waals surface area (Å²) in [4.78, 5) is 26.6. The van der Waals surface area contributed by atoms with Crippen LogP contribution < -0.4 is 19.7 Å². The normalized spacial score (nSPS) is 15.5. The van der Waals surface area contributed by atoms with Gasteiger partial charge in [-0.15, -0.1) is 0 Å². The lowest BCUT2D eigenvalue weighted by molar-refractivity contribution is -0.119. The first-order valence-corrected chi connectivity index (χ1v) is 9.91. The standard InChI is InChI=1S/C22H24N2O5/c25-21(14-27-22(26)16-5-10-19-20(13-16)29-15-28-19)23-17-6-8-18(9-7-17)24-11-3-1-2-4-12-24/h5-10,13H,1-4,11-12,14-15H2,(H,23,25). The van der Waals surface area contributed by atoms with Crippen LogP contribution in [0, 0.1) is 0 Å². The van der Waals surface area contributed by atoms with E-state index in [9.17, 15) is 9.59 Å². The molecule has 0 unspecified atom stereocenters. The molecule has 0 bridgehead atoms. The number of esters is 1. The molecule has 0 atom stereocenters. The summed E-state index contributed by atoms with van der Waals surface area (Å²) in [6.45, 7) is 1.91. The third-order valence-electron chi connectivity index (χ3n) is 5.06. The lowest BCUT2D eigenvalue weighted by Gasteiger charge is -2.22. The maximum absolute atomic E-state index is 12.1. The van der Waals surface area contributed by atoms with E-state index in [1.54, 1.807) is 18.2 Å². The van der Waals surface area contributed by atoms with Crippen molar-refractivity contribution in [3.63, 3.8) is 0 Å². The number of ether oxygens (including phenoxy) is 3. The zero-order chi connectivity index (χ0) is 20.1. The lowest BCUT2D eigenvalue weighted by Crippen LogP contribution is -2.24. The van der Waals surface area contributed by atoms with E-state index in [-0.39, 0.29) is 19.3 Å². The first-order valence-electron chi connectivity index (χ1n) is 9.91. The van der Waals surface area contributed by atoms with Gasteiger partial charge in [0.05, 0.1) is 5.56 Å². The van der Waals surface area contributed by atoms with Crippen molar-refractivity contribution in [2.24, 2.45) is 0 Å². The summed E-state index contributed by atoms with van der Waals surface area (Å²) in [6, 6.07) is 12.5. The van der Waals surface area contributed by atoms with E-state index in [0.717, 1.165) is 13.1 Å². The van der Waals surface area contributed by atoms with Gasteiger partial charge in [-0.2, -0.15) is 0 Å². The molecule has 1 fully saturated rings. The number of benzene rings is 2. The summed E-state index contributed by atoms with van der Waals surface area (Å²) in [7, 11) is 0. The highest BCUT2D eigenvalue weighted by molar-refractivity contribution is 5.95. The fraction of sp³-hybridized carbons (Fsp3) is 0.364. The minimum absolute atomic E-state index is 0.132. The maximum atomic E-state index is 12.1. The van der Waals surface area contributed by atoms with E-state index in [0.29, 0.717) is 22.7 Å². The molecule has 2 aromatic carbocycles. The fourth-order valence-corrected chi connectivity index (χ4v) is 3.52. The Morgan fingerprint density at radius 1 is 0.931 bits per heavy atom. The Labute approximate surface area is 169 Å². The van der Waals surface area contributed by atoms with E-state index in [2.05, 4.69) is 10.2 Å². The Morgan fingerprint density at radius 2 is 1.66 bits per heavy atom. The van der Waals surface area contributed by atoms with Crippen molar-refractivity contribution in [1.29, 1.82) is 0 Å². The van der Waals surface area contributed by atoms with Crippen LogP contribution in [0.5, 0.6) is 11.5 Å². The number of carbonyl (C=O) groups excluding carboxylic acids is 2. The van der Waals surface area contributed by atoms with Gasteiger partial charge in [0.15, 0.2) is 18.1 Å². The van der Waals surface area contributed by atoms with E-state index in [1.807, 2.05) is 24.3 Å². The van der Waals surface area contributed by atoms with Crippen LogP contribution in [0.2, 0.25) is 0 Å². The van der Waals surface area contributed by atoms with Crippen LogP contribution in [0.1, 0.15) is 36.0 Å². The molecule has 1 saturated heterocycles. The van der Waals surface area contributed by atoms with Gasteiger partial charge in [0, 0.05) is 24.5 Å². The Bertz CT molecular complexity index is 873. The lowest BCUT2D eigenvalue weighted by atomic mass is 10.2. The van der Waals surface area contributed by atoms with Crippen molar-refractivity contribution >= 4 is 23.3 Å². The Morgan fingerprint density at radius 3 is 2.41 bits per heavy atom. The third-order valence-corrected chi connectivity index (χ3v) is 5.06. The van der Waals surface area contributed by atoms with E-state index < -0.39 is 5.97 Å². The molecule has 4 rings (SSSR count). The highest BCUT2D eigenvalue weighted by Crippen LogP contribution is 2.32. The van der Waals surface area contributed by atoms with Gasteiger partial charge in [0.25, 0.3) is 5.91 Å². The van der Waals surface area contributed by atoms with Crippen molar-refractivity contribution in [2.45, 2.75) is 25.7 Å². The summed E-state index contributed by atoms with van der Waals surface area (Å²) in [5, 5.41) is 2.75. The summed E-state index contributed by atoms with van der Waals surface area (Å²) < 4.78 is 15.6. The SMILES string of the molecule is O=C(COC(=O)c1ccc2c(c1)OCO2)Nc1ccc(N2CCCCCC2)cc1. The minimum atomic E-state index is -0.588. The zero-order valence-electron chi connectivity index (χ0n) is 16.2. The number of nitrogens with zero attached hydrogens (tertiary/aromatic N) is 1. The van der Waals surface area contributed by atoms with Gasteiger partial charge in [-0.05, 0) is 55.3 Å². The van der Waals surface area contributed by atoms with Crippen LogP contribution >= 0.6 is 0 Å². The molecule has 2 aliphatic heterocycles. The van der Waals surface area contributed by atoms with Crippen LogP contribution in [-0.4, -0.2) is 38.4 Å². The molecule has 0 spiro atoms. The molecule has 2 aromatic rings. The molecule has 2 aliphatic rings. The number of rotatable bonds is 5. The number of carbonyl (C=O) groups is 2. The predicted octanol–water partition coefficient (Wildman–Crippen LogP) is 3.59. The molecule has 29 heavy (non-hydrogen) atoms. The van der Waals surface area contributed by atoms with Crippen molar-refractivity contribution in [2.75, 3.05) is 36.7 Å². The number of amides is 1. The van der Waals surface area contributed by atoms with Crippen molar-refractivity contribution in [1.82, 2.24) is 0 Å². The molecule has 0 aliphatic carbocycles.